The predicted octanol–water partition coefficient (Wildman–Crippen LogP) is 4.49. The third-order valence-corrected chi connectivity index (χ3v) is 3.89. The first-order valence-electron chi connectivity index (χ1n) is 7.22. The Bertz CT molecular complexity index is 520. The molecule has 21 heavy (non-hydrogen) atoms. The number of anilines is 1. The molecular weight excluding hydrogens is 279 g/mol. The van der Waals surface area contributed by atoms with Gasteiger partial charge in [0, 0.05) is 17.6 Å². The zero-order valence-corrected chi connectivity index (χ0v) is 12.4. The van der Waals surface area contributed by atoms with Crippen LogP contribution in [0.15, 0.2) is 24.3 Å². The quantitative estimate of drug-likeness (QED) is 0.802. The second-order valence-electron chi connectivity index (χ2n) is 5.99. The number of hydrogen-bond donors (Lipinski definition) is 0. The minimum absolute atomic E-state index is 0.0663. The van der Waals surface area contributed by atoms with Crippen LogP contribution in [-0.4, -0.2) is 11.9 Å². The summed E-state index contributed by atoms with van der Waals surface area (Å²) >= 11 is 0. The van der Waals surface area contributed by atoms with E-state index < -0.39 is 11.7 Å². The van der Waals surface area contributed by atoms with Gasteiger partial charge in [0.25, 0.3) is 0 Å². The summed E-state index contributed by atoms with van der Waals surface area (Å²) in [7, 11) is 0. The first-order valence-corrected chi connectivity index (χ1v) is 7.22. The van der Waals surface area contributed by atoms with Crippen LogP contribution >= 0.6 is 0 Å². The lowest BCUT2D eigenvalue weighted by Gasteiger charge is -2.31. The van der Waals surface area contributed by atoms with E-state index in [1.807, 2.05) is 6.92 Å². The average molecular weight is 299 g/mol. The highest BCUT2D eigenvalue weighted by atomic mass is 19.4. The molecule has 1 amide bonds. The Labute approximate surface area is 122 Å². The number of carbonyl (C=O) groups excluding carboxylic acids is 1. The molecule has 1 aromatic carbocycles. The van der Waals surface area contributed by atoms with Crippen molar-refractivity contribution in [3.63, 3.8) is 0 Å². The molecule has 0 heterocycles. The fraction of sp³-hybridized carbons (Fsp3) is 0.562. The van der Waals surface area contributed by atoms with Crippen molar-refractivity contribution >= 4 is 11.6 Å². The highest BCUT2D eigenvalue weighted by molar-refractivity contribution is 5.95. The molecule has 1 unspecified atom stereocenters. The molecule has 2 nitrogen and oxygen atoms in total. The average Bonchev–Trinajstić information content (AvgIpc) is 3.22. The second kappa shape index (κ2) is 5.70. The van der Waals surface area contributed by atoms with E-state index >= 15 is 0 Å². The van der Waals surface area contributed by atoms with E-state index in [9.17, 15) is 18.0 Å². The summed E-state index contributed by atoms with van der Waals surface area (Å²) in [5.41, 5.74) is -0.382. The Morgan fingerprint density at radius 1 is 1.24 bits per heavy atom. The van der Waals surface area contributed by atoms with Crippen LogP contribution in [0.5, 0.6) is 0 Å². The van der Waals surface area contributed by atoms with Gasteiger partial charge in [0.1, 0.15) is 0 Å². The number of benzene rings is 1. The Morgan fingerprint density at radius 3 is 2.33 bits per heavy atom. The van der Waals surface area contributed by atoms with Crippen LogP contribution in [0, 0.1) is 11.8 Å². The minimum Gasteiger partial charge on any atom is -0.309 e. The molecule has 116 valence electrons. The van der Waals surface area contributed by atoms with E-state index in [-0.39, 0.29) is 17.9 Å². The van der Waals surface area contributed by atoms with Gasteiger partial charge in [-0.05, 0) is 43.9 Å². The summed E-state index contributed by atoms with van der Waals surface area (Å²) in [5.74, 6) is 0.0108. The van der Waals surface area contributed by atoms with Gasteiger partial charge in [0.2, 0.25) is 5.91 Å². The first kappa shape index (κ1) is 15.9. The molecule has 1 aromatic rings. The van der Waals surface area contributed by atoms with Crippen LogP contribution < -0.4 is 4.90 Å². The lowest BCUT2D eigenvalue weighted by Crippen LogP contribution is -2.42. The van der Waals surface area contributed by atoms with E-state index in [1.54, 1.807) is 19.9 Å². The summed E-state index contributed by atoms with van der Waals surface area (Å²) in [6, 6.07) is 4.97. The van der Waals surface area contributed by atoms with Crippen LogP contribution in [0.1, 0.15) is 39.2 Å². The van der Waals surface area contributed by atoms with Gasteiger partial charge in [-0.1, -0.05) is 19.9 Å². The van der Waals surface area contributed by atoms with E-state index in [4.69, 9.17) is 0 Å². The van der Waals surface area contributed by atoms with Crippen molar-refractivity contribution in [2.24, 2.45) is 11.8 Å². The van der Waals surface area contributed by atoms with Crippen molar-refractivity contribution in [3.8, 4) is 0 Å². The maximum Gasteiger partial charge on any atom is 0.416 e. The second-order valence-corrected chi connectivity index (χ2v) is 5.99. The summed E-state index contributed by atoms with van der Waals surface area (Å²) in [4.78, 5) is 14.0. The molecule has 0 bridgehead atoms. The molecule has 0 saturated heterocycles. The number of rotatable bonds is 4. The maximum atomic E-state index is 12.9. The lowest BCUT2D eigenvalue weighted by molar-refractivity contribution is -0.137. The van der Waals surface area contributed by atoms with E-state index in [1.165, 1.54) is 11.0 Å². The van der Waals surface area contributed by atoms with Gasteiger partial charge >= 0.3 is 6.18 Å². The van der Waals surface area contributed by atoms with Crippen LogP contribution in [-0.2, 0) is 11.0 Å². The van der Waals surface area contributed by atoms with Crippen molar-refractivity contribution in [2.45, 2.75) is 45.8 Å². The van der Waals surface area contributed by atoms with E-state index in [2.05, 4.69) is 0 Å². The zero-order chi connectivity index (χ0) is 15.8. The van der Waals surface area contributed by atoms with Crippen molar-refractivity contribution in [1.29, 1.82) is 0 Å². The van der Waals surface area contributed by atoms with Crippen LogP contribution in [0.4, 0.5) is 18.9 Å². The number of halogens is 3. The fourth-order valence-electron chi connectivity index (χ4n) is 2.46. The van der Waals surface area contributed by atoms with Crippen LogP contribution in [0.3, 0.4) is 0 Å². The molecule has 1 aliphatic rings. The normalized spacial score (nSPS) is 16.9. The predicted molar refractivity (Wildman–Crippen MR) is 76.0 cm³/mol. The largest absolute Gasteiger partial charge is 0.416 e. The molecular formula is C16H20F3NO. The van der Waals surface area contributed by atoms with Gasteiger partial charge in [0.15, 0.2) is 0 Å². The third-order valence-electron chi connectivity index (χ3n) is 3.89. The Hall–Kier alpha value is -1.52. The van der Waals surface area contributed by atoms with Crippen LogP contribution in [0.25, 0.3) is 0 Å². The van der Waals surface area contributed by atoms with Crippen molar-refractivity contribution in [2.75, 3.05) is 4.90 Å². The van der Waals surface area contributed by atoms with E-state index in [0.29, 0.717) is 11.6 Å². The summed E-state index contributed by atoms with van der Waals surface area (Å²) in [6.45, 7) is 5.45. The Morgan fingerprint density at radius 2 is 1.86 bits per heavy atom. The molecule has 0 aromatic heterocycles. The topological polar surface area (TPSA) is 20.3 Å². The summed E-state index contributed by atoms with van der Waals surface area (Å²) in [5, 5.41) is 0. The number of hydrogen-bond acceptors (Lipinski definition) is 1. The SMILES string of the molecule is CC(C)C(=O)N(c1cccc(C(F)(F)F)c1)C(C)C1CC1. The molecule has 1 aliphatic carbocycles. The van der Waals surface area contributed by atoms with Gasteiger partial charge in [-0.15, -0.1) is 0 Å². The minimum atomic E-state index is -4.40. The molecule has 2 rings (SSSR count). The highest BCUT2D eigenvalue weighted by Gasteiger charge is 2.37. The molecule has 0 spiro atoms. The van der Waals surface area contributed by atoms with Gasteiger partial charge in [-0.25, -0.2) is 0 Å². The first-order chi connectivity index (χ1) is 9.71. The van der Waals surface area contributed by atoms with Crippen molar-refractivity contribution in [3.05, 3.63) is 29.8 Å². The number of amides is 1. The van der Waals surface area contributed by atoms with Gasteiger partial charge < -0.3 is 4.90 Å². The van der Waals surface area contributed by atoms with Crippen LogP contribution in [0.2, 0.25) is 0 Å². The van der Waals surface area contributed by atoms with Crippen molar-refractivity contribution < 1.29 is 18.0 Å². The monoisotopic (exact) mass is 299 g/mol. The molecule has 1 atom stereocenters. The van der Waals surface area contributed by atoms with Gasteiger partial charge in [-0.2, -0.15) is 13.2 Å². The lowest BCUT2D eigenvalue weighted by atomic mass is 10.1. The Kier molecular flexibility index (Phi) is 4.30. The molecule has 0 radical (unpaired) electrons. The molecule has 1 saturated carbocycles. The number of alkyl halides is 3. The van der Waals surface area contributed by atoms with Gasteiger partial charge in [-0.3, -0.25) is 4.79 Å². The zero-order valence-electron chi connectivity index (χ0n) is 12.4. The Balaban J connectivity index is 2.38. The van der Waals surface area contributed by atoms with Gasteiger partial charge in [0.05, 0.1) is 5.56 Å². The van der Waals surface area contributed by atoms with Crippen molar-refractivity contribution in [1.82, 2.24) is 0 Å². The fourth-order valence-corrected chi connectivity index (χ4v) is 2.46. The maximum absolute atomic E-state index is 12.9. The summed E-state index contributed by atoms with van der Waals surface area (Å²) < 4.78 is 38.6. The molecule has 1 fully saturated rings. The molecule has 0 aliphatic heterocycles. The van der Waals surface area contributed by atoms with E-state index in [0.717, 1.165) is 25.0 Å². The standard InChI is InChI=1S/C16H20F3NO/c1-10(2)15(21)20(11(3)12-7-8-12)14-6-4-5-13(9-14)16(17,18)19/h4-6,9-12H,7-8H2,1-3H3. The third kappa shape index (κ3) is 3.57. The highest BCUT2D eigenvalue weighted by Crippen LogP contribution is 2.39. The number of nitrogens with zero attached hydrogens (tertiary/aromatic N) is 1. The summed E-state index contributed by atoms with van der Waals surface area (Å²) in [6.07, 6.45) is -2.34. The number of carbonyl (C=O) groups is 1. The smallest absolute Gasteiger partial charge is 0.309 e. The molecule has 0 N–H and O–H groups in total. The molecule has 5 heteroatoms.